The quantitative estimate of drug-likeness (QED) is 0.566. The molecule has 0 aliphatic carbocycles. The van der Waals surface area contributed by atoms with Gasteiger partial charge in [0.05, 0.1) is 0 Å². The Balaban J connectivity index is 2.23. The Morgan fingerprint density at radius 3 is 2.78 bits per heavy atom. The van der Waals surface area contributed by atoms with Gasteiger partial charge in [0.15, 0.2) is 0 Å². The summed E-state index contributed by atoms with van der Waals surface area (Å²) in [5.41, 5.74) is 0. The molecule has 1 heteroatoms. The van der Waals surface area contributed by atoms with Gasteiger partial charge < -0.3 is 5.32 Å². The van der Waals surface area contributed by atoms with Crippen LogP contribution in [0.3, 0.4) is 0 Å². The van der Waals surface area contributed by atoms with Gasteiger partial charge >= 0.3 is 0 Å². The lowest BCUT2D eigenvalue weighted by Crippen LogP contribution is -2.36. The molecule has 1 fully saturated rings. The highest BCUT2D eigenvalue weighted by Gasteiger charge is 2.15. The number of nitrogens with one attached hydrogen (secondary N) is 1. The molecule has 1 aliphatic rings. The second kappa shape index (κ2) is 3.21. The lowest BCUT2D eigenvalue weighted by atomic mass is 9.93. The SMILES string of the molecule is CCC1CC(C)CCN1. The van der Waals surface area contributed by atoms with Crippen molar-refractivity contribution in [3.05, 3.63) is 0 Å². The molecule has 0 bridgehead atoms. The van der Waals surface area contributed by atoms with E-state index >= 15 is 0 Å². The van der Waals surface area contributed by atoms with Gasteiger partial charge in [-0.15, -0.1) is 0 Å². The van der Waals surface area contributed by atoms with Gasteiger partial charge in [0.1, 0.15) is 0 Å². The summed E-state index contributed by atoms with van der Waals surface area (Å²) in [5, 5.41) is 3.50. The number of piperidine rings is 1. The predicted octanol–water partition coefficient (Wildman–Crippen LogP) is 1.78. The van der Waals surface area contributed by atoms with Crippen molar-refractivity contribution in [3.63, 3.8) is 0 Å². The molecule has 1 aliphatic heterocycles. The van der Waals surface area contributed by atoms with E-state index in [0.717, 1.165) is 12.0 Å². The fourth-order valence-electron chi connectivity index (χ4n) is 1.53. The summed E-state index contributed by atoms with van der Waals surface area (Å²) in [6, 6.07) is 0.814. The zero-order valence-electron chi connectivity index (χ0n) is 6.48. The van der Waals surface area contributed by atoms with E-state index in [-0.39, 0.29) is 0 Å². The molecule has 0 aromatic rings. The zero-order valence-corrected chi connectivity index (χ0v) is 6.48. The Hall–Kier alpha value is -0.0400. The van der Waals surface area contributed by atoms with Crippen molar-refractivity contribution in [1.82, 2.24) is 5.32 Å². The lowest BCUT2D eigenvalue weighted by Gasteiger charge is -2.26. The molecule has 2 unspecified atom stereocenters. The van der Waals surface area contributed by atoms with E-state index in [1.54, 1.807) is 0 Å². The van der Waals surface area contributed by atoms with E-state index < -0.39 is 0 Å². The standard InChI is InChI=1S/C8H17N/c1-3-8-6-7(2)4-5-9-8/h7-9H,3-6H2,1-2H3. The Morgan fingerprint density at radius 1 is 1.56 bits per heavy atom. The van der Waals surface area contributed by atoms with Crippen molar-refractivity contribution in [2.24, 2.45) is 5.92 Å². The Morgan fingerprint density at radius 2 is 2.33 bits per heavy atom. The minimum absolute atomic E-state index is 0.814. The Bertz CT molecular complexity index is 80.6. The highest BCUT2D eigenvalue weighted by atomic mass is 14.9. The summed E-state index contributed by atoms with van der Waals surface area (Å²) in [5.74, 6) is 0.955. The molecule has 1 heterocycles. The molecule has 0 saturated carbocycles. The third-order valence-electron chi connectivity index (χ3n) is 2.25. The first-order valence-corrected chi connectivity index (χ1v) is 4.06. The number of hydrogen-bond acceptors (Lipinski definition) is 1. The molecule has 54 valence electrons. The third kappa shape index (κ3) is 1.98. The van der Waals surface area contributed by atoms with Gasteiger partial charge in [0, 0.05) is 6.04 Å². The summed E-state index contributed by atoms with van der Waals surface area (Å²) in [6.45, 7) is 5.85. The lowest BCUT2D eigenvalue weighted by molar-refractivity contribution is 0.314. The van der Waals surface area contributed by atoms with Crippen LogP contribution >= 0.6 is 0 Å². The van der Waals surface area contributed by atoms with Crippen molar-refractivity contribution in [2.75, 3.05) is 6.54 Å². The van der Waals surface area contributed by atoms with Gasteiger partial charge in [0.25, 0.3) is 0 Å². The summed E-state index contributed by atoms with van der Waals surface area (Å²) in [6.07, 6.45) is 4.05. The van der Waals surface area contributed by atoms with Crippen LogP contribution in [0.4, 0.5) is 0 Å². The van der Waals surface area contributed by atoms with Gasteiger partial charge in [-0.25, -0.2) is 0 Å². The fraction of sp³-hybridized carbons (Fsp3) is 1.00. The van der Waals surface area contributed by atoms with Crippen molar-refractivity contribution >= 4 is 0 Å². The van der Waals surface area contributed by atoms with Crippen LogP contribution < -0.4 is 5.32 Å². The van der Waals surface area contributed by atoms with E-state index in [9.17, 15) is 0 Å². The van der Waals surface area contributed by atoms with Gasteiger partial charge in [-0.1, -0.05) is 13.8 Å². The number of rotatable bonds is 1. The van der Waals surface area contributed by atoms with E-state index in [1.807, 2.05) is 0 Å². The first kappa shape index (κ1) is 7.07. The maximum atomic E-state index is 3.50. The van der Waals surface area contributed by atoms with Gasteiger partial charge in [-0.3, -0.25) is 0 Å². The molecule has 0 radical (unpaired) electrons. The molecule has 1 rings (SSSR count). The second-order valence-electron chi connectivity index (χ2n) is 3.19. The first-order valence-electron chi connectivity index (χ1n) is 4.06. The van der Waals surface area contributed by atoms with Gasteiger partial charge in [0.2, 0.25) is 0 Å². The predicted molar refractivity (Wildman–Crippen MR) is 40.5 cm³/mol. The summed E-state index contributed by atoms with van der Waals surface area (Å²) in [7, 11) is 0. The largest absolute Gasteiger partial charge is 0.314 e. The maximum Gasteiger partial charge on any atom is 0.00669 e. The third-order valence-corrected chi connectivity index (χ3v) is 2.25. The minimum atomic E-state index is 0.814. The summed E-state index contributed by atoms with van der Waals surface area (Å²) < 4.78 is 0. The van der Waals surface area contributed by atoms with Gasteiger partial charge in [-0.05, 0) is 31.7 Å². The molecule has 1 saturated heterocycles. The van der Waals surface area contributed by atoms with Crippen LogP contribution in [-0.2, 0) is 0 Å². The van der Waals surface area contributed by atoms with E-state index in [4.69, 9.17) is 0 Å². The van der Waals surface area contributed by atoms with Crippen LogP contribution in [0.1, 0.15) is 33.1 Å². The summed E-state index contributed by atoms with van der Waals surface area (Å²) in [4.78, 5) is 0. The van der Waals surface area contributed by atoms with Crippen LogP contribution in [0.25, 0.3) is 0 Å². The maximum absolute atomic E-state index is 3.50. The van der Waals surface area contributed by atoms with E-state index in [0.29, 0.717) is 0 Å². The second-order valence-corrected chi connectivity index (χ2v) is 3.19. The van der Waals surface area contributed by atoms with Crippen LogP contribution in [0, 0.1) is 5.92 Å². The minimum Gasteiger partial charge on any atom is -0.314 e. The topological polar surface area (TPSA) is 12.0 Å². The molecular formula is C8H17N. The fourth-order valence-corrected chi connectivity index (χ4v) is 1.53. The zero-order chi connectivity index (χ0) is 6.69. The highest BCUT2D eigenvalue weighted by Crippen LogP contribution is 2.16. The summed E-state index contributed by atoms with van der Waals surface area (Å²) >= 11 is 0. The molecule has 0 spiro atoms. The van der Waals surface area contributed by atoms with Crippen LogP contribution in [0.15, 0.2) is 0 Å². The highest BCUT2D eigenvalue weighted by molar-refractivity contribution is 4.74. The average molecular weight is 127 g/mol. The van der Waals surface area contributed by atoms with Crippen molar-refractivity contribution in [3.8, 4) is 0 Å². The molecule has 2 atom stereocenters. The van der Waals surface area contributed by atoms with Crippen molar-refractivity contribution in [2.45, 2.75) is 39.2 Å². The van der Waals surface area contributed by atoms with Crippen LogP contribution in [0.5, 0.6) is 0 Å². The molecule has 0 aromatic carbocycles. The Kier molecular flexibility index (Phi) is 2.52. The van der Waals surface area contributed by atoms with Crippen molar-refractivity contribution in [1.29, 1.82) is 0 Å². The number of hydrogen-bond donors (Lipinski definition) is 1. The molecule has 0 amide bonds. The normalized spacial score (nSPS) is 36.7. The first-order chi connectivity index (χ1) is 4.33. The monoisotopic (exact) mass is 127 g/mol. The Labute approximate surface area is 57.8 Å². The molecule has 1 nitrogen and oxygen atoms in total. The van der Waals surface area contributed by atoms with E-state index in [1.165, 1.54) is 25.8 Å². The molecule has 0 aromatic heterocycles. The molecular weight excluding hydrogens is 110 g/mol. The average Bonchev–Trinajstić information content (AvgIpc) is 1.88. The van der Waals surface area contributed by atoms with Gasteiger partial charge in [-0.2, -0.15) is 0 Å². The van der Waals surface area contributed by atoms with Crippen molar-refractivity contribution < 1.29 is 0 Å². The molecule has 9 heavy (non-hydrogen) atoms. The van der Waals surface area contributed by atoms with Crippen LogP contribution in [0.2, 0.25) is 0 Å². The van der Waals surface area contributed by atoms with E-state index in [2.05, 4.69) is 19.2 Å². The molecule has 1 N–H and O–H groups in total. The van der Waals surface area contributed by atoms with Crippen LogP contribution in [-0.4, -0.2) is 12.6 Å². The smallest absolute Gasteiger partial charge is 0.00669 e.